The van der Waals surface area contributed by atoms with Crippen molar-refractivity contribution >= 4 is 0 Å². The first kappa shape index (κ1) is 10.0. The minimum atomic E-state index is 0.542. The minimum absolute atomic E-state index is 0.542. The van der Waals surface area contributed by atoms with Crippen LogP contribution in [0.2, 0.25) is 0 Å². The average Bonchev–Trinajstić information content (AvgIpc) is 2.21. The van der Waals surface area contributed by atoms with E-state index in [1.807, 2.05) is 0 Å². The van der Waals surface area contributed by atoms with Crippen molar-refractivity contribution in [2.24, 2.45) is 23.7 Å². The van der Waals surface area contributed by atoms with Gasteiger partial charge in [-0.2, -0.15) is 10.4 Å². The molecular weight excluding hydrogens is 192 g/mol. The average molecular weight is 212 g/mol. The number of rotatable bonds is 4. The molecule has 0 heterocycles. The van der Waals surface area contributed by atoms with Gasteiger partial charge in [0.15, 0.2) is 0 Å². The molecule has 4 heteroatoms. The van der Waals surface area contributed by atoms with Gasteiger partial charge >= 0.3 is 0 Å². The molecule has 0 saturated heterocycles. The first-order valence-electron chi connectivity index (χ1n) is 6.06. The summed E-state index contributed by atoms with van der Waals surface area (Å²) in [5.74, 6) is 3.70. The van der Waals surface area contributed by atoms with Gasteiger partial charge in [-0.05, 0) is 55.8 Å². The third-order valence-corrected chi connectivity index (χ3v) is 4.55. The quantitative estimate of drug-likeness (QED) is 0.546. The van der Waals surface area contributed by atoms with E-state index < -0.39 is 0 Å². The predicted octanol–water partition coefficient (Wildman–Crippen LogP) is 1.40. The smallest absolute Gasteiger partial charge is 0.0599 e. The monoisotopic (exact) mass is 212 g/mol. The van der Waals surface area contributed by atoms with Crippen molar-refractivity contribution in [1.82, 2.24) is 11.1 Å². The van der Waals surface area contributed by atoms with Gasteiger partial charge in [0.2, 0.25) is 0 Å². The summed E-state index contributed by atoms with van der Waals surface area (Å²) in [5.41, 5.74) is 5.53. The third-order valence-electron chi connectivity index (χ3n) is 4.55. The fourth-order valence-electron chi connectivity index (χ4n) is 4.25. The maximum absolute atomic E-state index is 5.09. The Hall–Kier alpha value is -0.160. The number of hydrogen-bond donors (Lipinski definition) is 2. The van der Waals surface area contributed by atoms with E-state index in [0.717, 1.165) is 23.7 Å². The molecule has 4 aliphatic carbocycles. The first-order chi connectivity index (χ1) is 7.36. The van der Waals surface area contributed by atoms with Crippen LogP contribution in [0, 0.1) is 23.7 Å². The fourth-order valence-corrected chi connectivity index (χ4v) is 4.25. The van der Waals surface area contributed by atoms with Crippen molar-refractivity contribution in [2.75, 3.05) is 7.11 Å². The summed E-state index contributed by atoms with van der Waals surface area (Å²) in [6.45, 7) is 0. The van der Waals surface area contributed by atoms with Crippen LogP contribution >= 0.6 is 0 Å². The molecule has 4 nitrogen and oxygen atoms in total. The van der Waals surface area contributed by atoms with Crippen molar-refractivity contribution in [3.8, 4) is 0 Å². The van der Waals surface area contributed by atoms with E-state index in [-0.39, 0.29) is 0 Å². The zero-order valence-corrected chi connectivity index (χ0v) is 9.24. The van der Waals surface area contributed by atoms with Crippen LogP contribution in [0.3, 0.4) is 0 Å². The molecule has 0 aromatic carbocycles. The Balaban J connectivity index is 1.60. The summed E-state index contributed by atoms with van der Waals surface area (Å²) in [4.78, 5) is 9.74. The number of hydroxylamine groups is 1. The first-order valence-corrected chi connectivity index (χ1v) is 6.06. The Morgan fingerprint density at radius 3 is 2.07 bits per heavy atom. The van der Waals surface area contributed by atoms with E-state index in [0.29, 0.717) is 6.04 Å². The zero-order valence-electron chi connectivity index (χ0n) is 9.24. The van der Waals surface area contributed by atoms with Crippen LogP contribution in [-0.4, -0.2) is 13.2 Å². The second-order valence-corrected chi connectivity index (χ2v) is 5.46. The normalized spacial score (nSPS) is 47.4. The molecule has 0 unspecified atom stereocenters. The SMILES string of the molecule is CONONC1C2CC3CC(C2)CC1C3. The molecular formula is C11H20N2O2. The summed E-state index contributed by atoms with van der Waals surface area (Å²) in [7, 11) is 1.55. The van der Waals surface area contributed by atoms with Crippen LogP contribution in [0.1, 0.15) is 32.1 Å². The highest BCUT2D eigenvalue weighted by Gasteiger charge is 2.48. The second-order valence-electron chi connectivity index (χ2n) is 5.46. The van der Waals surface area contributed by atoms with Gasteiger partial charge < -0.3 is 0 Å². The van der Waals surface area contributed by atoms with Gasteiger partial charge in [-0.3, -0.25) is 4.84 Å². The van der Waals surface area contributed by atoms with Crippen molar-refractivity contribution in [1.29, 1.82) is 0 Å². The lowest BCUT2D eigenvalue weighted by molar-refractivity contribution is -0.218. The molecule has 0 radical (unpaired) electrons. The molecule has 4 aliphatic rings. The highest BCUT2D eigenvalue weighted by atomic mass is 17.0. The Kier molecular flexibility index (Phi) is 2.68. The van der Waals surface area contributed by atoms with Crippen LogP contribution in [0.15, 0.2) is 0 Å². The van der Waals surface area contributed by atoms with E-state index in [2.05, 4.69) is 16.0 Å². The summed E-state index contributed by atoms with van der Waals surface area (Å²) in [5, 5.41) is 0. The predicted molar refractivity (Wildman–Crippen MR) is 55.2 cm³/mol. The summed E-state index contributed by atoms with van der Waals surface area (Å²) in [6.07, 6.45) is 7.11. The van der Waals surface area contributed by atoms with Crippen LogP contribution in [-0.2, 0) is 9.78 Å². The van der Waals surface area contributed by atoms with E-state index in [4.69, 9.17) is 4.94 Å². The van der Waals surface area contributed by atoms with E-state index >= 15 is 0 Å². The molecule has 0 aromatic heterocycles. The molecule has 0 aromatic rings. The summed E-state index contributed by atoms with van der Waals surface area (Å²) >= 11 is 0. The van der Waals surface area contributed by atoms with Gasteiger partial charge in [-0.25, -0.2) is 0 Å². The Morgan fingerprint density at radius 2 is 1.53 bits per heavy atom. The Bertz CT molecular complexity index is 207. The lowest BCUT2D eigenvalue weighted by Crippen LogP contribution is -2.55. The van der Waals surface area contributed by atoms with Gasteiger partial charge in [-0.1, -0.05) is 5.64 Å². The molecule has 4 fully saturated rings. The van der Waals surface area contributed by atoms with E-state index in [1.165, 1.54) is 32.1 Å². The molecule has 4 saturated carbocycles. The topological polar surface area (TPSA) is 42.5 Å². The van der Waals surface area contributed by atoms with Crippen LogP contribution in [0.25, 0.3) is 0 Å². The van der Waals surface area contributed by atoms with Crippen LogP contribution < -0.4 is 11.1 Å². The molecule has 15 heavy (non-hydrogen) atoms. The summed E-state index contributed by atoms with van der Waals surface area (Å²) < 4.78 is 0. The summed E-state index contributed by atoms with van der Waals surface area (Å²) in [6, 6.07) is 0.542. The Morgan fingerprint density at radius 1 is 0.933 bits per heavy atom. The molecule has 0 aliphatic heterocycles. The molecule has 86 valence electrons. The fraction of sp³-hybridized carbons (Fsp3) is 1.00. The van der Waals surface area contributed by atoms with Crippen molar-refractivity contribution in [3.63, 3.8) is 0 Å². The Labute approximate surface area is 90.6 Å². The number of nitrogens with one attached hydrogen (secondary N) is 2. The van der Waals surface area contributed by atoms with Crippen molar-refractivity contribution in [3.05, 3.63) is 0 Å². The van der Waals surface area contributed by atoms with Crippen molar-refractivity contribution in [2.45, 2.75) is 38.1 Å². The molecule has 0 atom stereocenters. The van der Waals surface area contributed by atoms with Crippen LogP contribution in [0.5, 0.6) is 0 Å². The highest BCUT2D eigenvalue weighted by molar-refractivity contribution is 5.00. The largest absolute Gasteiger partial charge is 0.279 e. The number of hydrogen-bond acceptors (Lipinski definition) is 4. The molecule has 0 amide bonds. The lowest BCUT2D eigenvalue weighted by atomic mass is 9.54. The van der Waals surface area contributed by atoms with Gasteiger partial charge in [0.25, 0.3) is 0 Å². The van der Waals surface area contributed by atoms with Crippen LogP contribution in [0.4, 0.5) is 0 Å². The van der Waals surface area contributed by atoms with Gasteiger partial charge in [-0.15, -0.1) is 0 Å². The van der Waals surface area contributed by atoms with E-state index in [9.17, 15) is 0 Å². The molecule has 4 bridgehead atoms. The molecule has 4 rings (SSSR count). The van der Waals surface area contributed by atoms with Gasteiger partial charge in [0, 0.05) is 6.04 Å². The standard InChI is InChI=1S/C11H20N2O2/c1-14-13-15-12-11-9-3-7-2-8(5-9)6-10(11)4-7/h7-13H,2-6H2,1H3. The molecule has 0 spiro atoms. The second kappa shape index (κ2) is 4.01. The zero-order chi connectivity index (χ0) is 10.3. The lowest BCUT2D eigenvalue weighted by Gasteiger charge is -2.54. The maximum atomic E-state index is 5.09. The highest BCUT2D eigenvalue weighted by Crippen LogP contribution is 2.53. The molecule has 2 N–H and O–H groups in total. The van der Waals surface area contributed by atoms with E-state index in [1.54, 1.807) is 7.11 Å². The van der Waals surface area contributed by atoms with Gasteiger partial charge in [0.1, 0.15) is 0 Å². The minimum Gasteiger partial charge on any atom is -0.279 e. The maximum Gasteiger partial charge on any atom is 0.0599 e. The third kappa shape index (κ3) is 1.80. The van der Waals surface area contributed by atoms with Gasteiger partial charge in [0.05, 0.1) is 7.11 Å². The van der Waals surface area contributed by atoms with Crippen molar-refractivity contribution < 1.29 is 9.78 Å².